The van der Waals surface area contributed by atoms with Crippen LogP contribution in [0.15, 0.2) is 53.4 Å². The van der Waals surface area contributed by atoms with E-state index in [1.165, 1.54) is 0 Å². The molecule has 32 heavy (non-hydrogen) atoms. The molecule has 0 bridgehead atoms. The van der Waals surface area contributed by atoms with Gasteiger partial charge >= 0.3 is 0 Å². The molecule has 1 fully saturated rings. The second-order valence-corrected chi connectivity index (χ2v) is 10.2. The molecule has 1 amide bonds. The molecule has 1 unspecified atom stereocenters. The molecule has 1 atom stereocenters. The van der Waals surface area contributed by atoms with E-state index in [2.05, 4.69) is 0 Å². The number of hydrogen-bond acceptors (Lipinski definition) is 4. The second kappa shape index (κ2) is 11.0. The van der Waals surface area contributed by atoms with E-state index in [9.17, 15) is 13.2 Å². The highest BCUT2D eigenvalue weighted by Crippen LogP contribution is 2.25. The molecular formula is C25H34N2O4S. The van der Waals surface area contributed by atoms with E-state index in [0.717, 1.165) is 36.1 Å². The van der Waals surface area contributed by atoms with Crippen molar-refractivity contribution in [3.8, 4) is 5.75 Å². The Morgan fingerprint density at radius 2 is 1.78 bits per heavy atom. The molecule has 7 heteroatoms. The molecule has 6 nitrogen and oxygen atoms in total. The Morgan fingerprint density at radius 3 is 2.41 bits per heavy atom. The summed E-state index contributed by atoms with van der Waals surface area (Å²) in [4.78, 5) is 15.1. The number of aryl methyl sites for hydroxylation is 1. The number of carbonyl (C=O) groups is 1. The normalized spacial score (nSPS) is 15.8. The summed E-state index contributed by atoms with van der Waals surface area (Å²) in [7, 11) is -1.79. The van der Waals surface area contributed by atoms with Crippen molar-refractivity contribution in [3.05, 3.63) is 59.7 Å². The van der Waals surface area contributed by atoms with Gasteiger partial charge < -0.3 is 9.64 Å². The van der Waals surface area contributed by atoms with Crippen LogP contribution in [-0.2, 0) is 21.2 Å². The lowest BCUT2D eigenvalue weighted by Crippen LogP contribution is -2.35. The summed E-state index contributed by atoms with van der Waals surface area (Å²) in [6.45, 7) is 5.81. The fraction of sp³-hybridized carbons (Fsp3) is 0.480. The molecule has 1 aliphatic heterocycles. The number of benzene rings is 2. The van der Waals surface area contributed by atoms with E-state index in [1.54, 1.807) is 23.5 Å². The van der Waals surface area contributed by atoms with Gasteiger partial charge in [-0.1, -0.05) is 30.7 Å². The van der Waals surface area contributed by atoms with Crippen LogP contribution >= 0.6 is 0 Å². The first-order valence-corrected chi connectivity index (χ1v) is 12.8. The van der Waals surface area contributed by atoms with Gasteiger partial charge in [0.1, 0.15) is 5.75 Å². The zero-order valence-electron chi connectivity index (χ0n) is 19.3. The van der Waals surface area contributed by atoms with Crippen molar-refractivity contribution in [2.75, 3.05) is 26.7 Å². The van der Waals surface area contributed by atoms with Gasteiger partial charge in [0.15, 0.2) is 0 Å². The highest BCUT2D eigenvalue weighted by molar-refractivity contribution is 7.89. The number of nitrogens with zero attached hydrogens (tertiary/aromatic N) is 2. The van der Waals surface area contributed by atoms with Gasteiger partial charge in [0.05, 0.1) is 18.0 Å². The molecule has 0 aliphatic carbocycles. The van der Waals surface area contributed by atoms with Crippen LogP contribution in [0.1, 0.15) is 56.7 Å². The van der Waals surface area contributed by atoms with E-state index >= 15 is 0 Å². The van der Waals surface area contributed by atoms with Crippen LogP contribution in [-0.4, -0.2) is 50.3 Å². The third kappa shape index (κ3) is 5.70. The van der Waals surface area contributed by atoms with Crippen molar-refractivity contribution in [3.63, 3.8) is 0 Å². The van der Waals surface area contributed by atoms with Crippen LogP contribution in [0, 0.1) is 0 Å². The molecule has 1 saturated heterocycles. The van der Waals surface area contributed by atoms with Gasteiger partial charge in [-0.2, -0.15) is 4.31 Å². The molecule has 1 aliphatic rings. The molecule has 2 aromatic rings. The predicted octanol–water partition coefficient (Wildman–Crippen LogP) is 4.41. The zero-order chi connectivity index (χ0) is 23.1. The largest absolute Gasteiger partial charge is 0.497 e. The SMILES string of the molecule is CCN(C(=O)CCc1ccc(S(=O)(=O)N2CCCCC2)cc1)C(C)c1cccc(OC)c1. The smallest absolute Gasteiger partial charge is 0.243 e. The number of rotatable bonds is 9. The number of sulfonamides is 1. The minimum atomic E-state index is -3.43. The van der Waals surface area contributed by atoms with Gasteiger partial charge in [0.25, 0.3) is 0 Å². The summed E-state index contributed by atoms with van der Waals surface area (Å²) in [5, 5.41) is 0. The van der Waals surface area contributed by atoms with E-state index < -0.39 is 10.0 Å². The van der Waals surface area contributed by atoms with E-state index in [-0.39, 0.29) is 11.9 Å². The summed E-state index contributed by atoms with van der Waals surface area (Å²) < 4.78 is 32.5. The molecule has 0 N–H and O–H groups in total. The van der Waals surface area contributed by atoms with Crippen LogP contribution in [0.5, 0.6) is 5.75 Å². The predicted molar refractivity (Wildman–Crippen MR) is 126 cm³/mol. The lowest BCUT2D eigenvalue weighted by atomic mass is 10.0. The van der Waals surface area contributed by atoms with Crippen molar-refractivity contribution in [1.82, 2.24) is 9.21 Å². The van der Waals surface area contributed by atoms with Crippen molar-refractivity contribution in [2.45, 2.75) is 56.9 Å². The average molecular weight is 459 g/mol. The van der Waals surface area contributed by atoms with E-state index in [0.29, 0.717) is 37.4 Å². The Morgan fingerprint density at radius 1 is 1.09 bits per heavy atom. The van der Waals surface area contributed by atoms with Gasteiger partial charge in [-0.25, -0.2) is 8.42 Å². The molecule has 0 saturated carbocycles. The maximum absolute atomic E-state index is 12.9. The number of ether oxygens (including phenoxy) is 1. The molecule has 174 valence electrons. The highest BCUT2D eigenvalue weighted by atomic mass is 32.2. The molecule has 2 aromatic carbocycles. The summed E-state index contributed by atoms with van der Waals surface area (Å²) in [6, 6.07) is 14.7. The second-order valence-electron chi connectivity index (χ2n) is 8.24. The molecule has 0 aromatic heterocycles. The Bertz CT molecular complexity index is 999. The fourth-order valence-electron chi connectivity index (χ4n) is 4.22. The van der Waals surface area contributed by atoms with Gasteiger partial charge in [0.2, 0.25) is 15.9 Å². The first kappa shape index (κ1) is 24.3. The Balaban J connectivity index is 1.62. The zero-order valence-corrected chi connectivity index (χ0v) is 20.1. The lowest BCUT2D eigenvalue weighted by molar-refractivity contribution is -0.133. The minimum absolute atomic E-state index is 0.0559. The van der Waals surface area contributed by atoms with Crippen LogP contribution in [0.4, 0.5) is 0 Å². The Labute approximate surface area is 192 Å². The van der Waals surface area contributed by atoms with Gasteiger partial charge in [0, 0.05) is 26.1 Å². The Hall–Kier alpha value is -2.38. The lowest BCUT2D eigenvalue weighted by Gasteiger charge is -2.29. The summed E-state index contributed by atoms with van der Waals surface area (Å²) in [6.07, 6.45) is 3.87. The summed E-state index contributed by atoms with van der Waals surface area (Å²) in [5.74, 6) is 0.852. The average Bonchev–Trinajstić information content (AvgIpc) is 2.84. The summed E-state index contributed by atoms with van der Waals surface area (Å²) in [5.41, 5.74) is 1.99. The van der Waals surface area contributed by atoms with Crippen molar-refractivity contribution < 1.29 is 17.9 Å². The number of hydrogen-bond donors (Lipinski definition) is 0. The minimum Gasteiger partial charge on any atom is -0.497 e. The molecule has 0 radical (unpaired) electrons. The number of carbonyl (C=O) groups excluding carboxylic acids is 1. The fourth-order valence-corrected chi connectivity index (χ4v) is 5.74. The van der Waals surface area contributed by atoms with Crippen molar-refractivity contribution in [1.29, 1.82) is 0 Å². The van der Waals surface area contributed by atoms with Gasteiger partial charge in [-0.05, 0) is 68.5 Å². The number of amides is 1. The summed E-state index contributed by atoms with van der Waals surface area (Å²) >= 11 is 0. The van der Waals surface area contributed by atoms with Crippen LogP contribution in [0.3, 0.4) is 0 Å². The van der Waals surface area contributed by atoms with E-state index in [1.807, 2.05) is 55.1 Å². The van der Waals surface area contributed by atoms with Crippen LogP contribution in [0.2, 0.25) is 0 Å². The third-order valence-electron chi connectivity index (χ3n) is 6.21. The maximum Gasteiger partial charge on any atom is 0.243 e. The Kier molecular flexibility index (Phi) is 8.32. The first-order valence-electron chi connectivity index (χ1n) is 11.4. The highest BCUT2D eigenvalue weighted by Gasteiger charge is 2.26. The number of methoxy groups -OCH3 is 1. The van der Waals surface area contributed by atoms with Crippen molar-refractivity contribution >= 4 is 15.9 Å². The van der Waals surface area contributed by atoms with Crippen LogP contribution < -0.4 is 4.74 Å². The third-order valence-corrected chi connectivity index (χ3v) is 8.12. The van der Waals surface area contributed by atoms with E-state index in [4.69, 9.17) is 4.74 Å². The monoisotopic (exact) mass is 458 g/mol. The molecule has 1 heterocycles. The van der Waals surface area contributed by atoms with Gasteiger partial charge in [-0.3, -0.25) is 4.79 Å². The quantitative estimate of drug-likeness (QED) is 0.558. The number of piperidine rings is 1. The first-order chi connectivity index (χ1) is 15.4. The maximum atomic E-state index is 12.9. The molecular weight excluding hydrogens is 424 g/mol. The topological polar surface area (TPSA) is 66.9 Å². The molecule has 3 rings (SSSR count). The molecule has 0 spiro atoms. The van der Waals surface area contributed by atoms with Crippen LogP contribution in [0.25, 0.3) is 0 Å². The van der Waals surface area contributed by atoms with Crippen molar-refractivity contribution in [2.24, 2.45) is 0 Å². The van der Waals surface area contributed by atoms with Gasteiger partial charge in [-0.15, -0.1) is 0 Å². The standard InChI is InChI=1S/C25H34N2O4S/c1-4-27(20(2)22-9-8-10-23(19-22)31-3)25(28)16-13-21-11-14-24(15-12-21)32(29,30)26-17-6-5-7-18-26/h8-12,14-15,19-20H,4-7,13,16-18H2,1-3H3.